The maximum Gasteiger partial charge on any atom is 0.254 e. The molecule has 1 aromatic carbocycles. The number of fused-ring (bicyclic) bond motifs is 1. The summed E-state index contributed by atoms with van der Waals surface area (Å²) in [6.45, 7) is 3.59. The Kier molecular flexibility index (Phi) is 9.10. The lowest BCUT2D eigenvalue weighted by Gasteiger charge is -2.36. The van der Waals surface area contributed by atoms with Crippen LogP contribution in [-0.2, 0) is 4.79 Å². The Morgan fingerprint density at radius 2 is 1.94 bits per heavy atom. The van der Waals surface area contributed by atoms with Crippen molar-refractivity contribution in [2.45, 2.75) is 57.4 Å². The smallest absolute Gasteiger partial charge is 0.254 e. The summed E-state index contributed by atoms with van der Waals surface area (Å²) in [6, 6.07) is 8.18. The second-order valence-electron chi connectivity index (χ2n) is 8.38. The number of nitrogens with zero attached hydrogens (tertiary/aromatic N) is 2. The lowest BCUT2D eigenvalue weighted by Crippen LogP contribution is -2.49. The summed E-state index contributed by atoms with van der Waals surface area (Å²) in [4.78, 5) is 32.3. The third kappa shape index (κ3) is 5.88. The first-order valence-electron chi connectivity index (χ1n) is 10.8. The maximum absolute atomic E-state index is 13.7. The number of carbonyl (C=O) groups excluding carboxylic acids is 2. The van der Waals surface area contributed by atoms with Gasteiger partial charge in [-0.3, -0.25) is 14.6 Å². The van der Waals surface area contributed by atoms with E-state index in [1.165, 1.54) is 0 Å². The van der Waals surface area contributed by atoms with Gasteiger partial charge in [-0.15, -0.1) is 24.8 Å². The second kappa shape index (κ2) is 11.1. The van der Waals surface area contributed by atoms with E-state index in [2.05, 4.69) is 17.4 Å². The van der Waals surface area contributed by atoms with Crippen LogP contribution in [0.15, 0.2) is 24.3 Å². The number of rotatable bonds is 6. The van der Waals surface area contributed by atoms with Crippen molar-refractivity contribution < 1.29 is 9.59 Å². The number of pyridine rings is 1. The van der Waals surface area contributed by atoms with E-state index in [9.17, 15) is 9.59 Å². The minimum atomic E-state index is -0.0496. The normalized spacial score (nSPS) is 18.1. The molecule has 1 aliphatic carbocycles. The maximum atomic E-state index is 13.7. The summed E-state index contributed by atoms with van der Waals surface area (Å²) in [5, 5.41) is 3.88. The number of carbonyl (C=O) groups is 2. The van der Waals surface area contributed by atoms with Crippen molar-refractivity contribution in [1.82, 2.24) is 15.2 Å². The molecule has 2 fully saturated rings. The van der Waals surface area contributed by atoms with Crippen molar-refractivity contribution in [2.75, 3.05) is 19.6 Å². The van der Waals surface area contributed by atoms with Gasteiger partial charge < -0.3 is 16.0 Å². The number of nitrogens with one attached hydrogen (secondary N) is 1. The highest BCUT2D eigenvalue weighted by molar-refractivity contribution is 6.06. The largest absolute Gasteiger partial charge is 0.354 e. The topological polar surface area (TPSA) is 88.3 Å². The van der Waals surface area contributed by atoms with Gasteiger partial charge in [-0.05, 0) is 57.2 Å². The number of halogens is 2. The van der Waals surface area contributed by atoms with Gasteiger partial charge in [0.2, 0.25) is 5.91 Å². The minimum Gasteiger partial charge on any atom is -0.354 e. The van der Waals surface area contributed by atoms with Gasteiger partial charge in [0.05, 0.1) is 11.1 Å². The monoisotopic (exact) mass is 466 g/mol. The van der Waals surface area contributed by atoms with Crippen molar-refractivity contribution in [1.29, 1.82) is 0 Å². The molecule has 2 heterocycles. The highest BCUT2D eigenvalue weighted by Crippen LogP contribution is 2.40. The first kappa shape index (κ1) is 25.4. The number of nitrogens with two attached hydrogens (primary N) is 1. The molecule has 3 N–H and O–H groups in total. The SMILES string of the molecule is Cc1ccc2nc(C3CC3)cc(C(=O)N3CCCCC3CNC(=O)CCN)c2c1.Cl.Cl. The summed E-state index contributed by atoms with van der Waals surface area (Å²) < 4.78 is 0. The van der Waals surface area contributed by atoms with Gasteiger partial charge in [-0.1, -0.05) is 11.6 Å². The van der Waals surface area contributed by atoms with Crippen LogP contribution in [0.4, 0.5) is 0 Å². The molecule has 1 unspecified atom stereocenters. The molecule has 1 aromatic heterocycles. The van der Waals surface area contributed by atoms with E-state index < -0.39 is 0 Å². The van der Waals surface area contributed by atoms with E-state index in [1.807, 2.05) is 24.0 Å². The summed E-state index contributed by atoms with van der Waals surface area (Å²) in [6.07, 6.45) is 5.60. The van der Waals surface area contributed by atoms with E-state index in [4.69, 9.17) is 10.7 Å². The second-order valence-corrected chi connectivity index (χ2v) is 8.38. The molecule has 0 radical (unpaired) electrons. The standard InChI is InChI=1S/C23H30N4O2.2ClH/c1-15-5-8-20-18(12-15)19(13-21(26-20)16-6-7-16)23(29)27-11-3-2-4-17(27)14-25-22(28)9-10-24;;/h5,8,12-13,16-17H,2-4,6-7,9-11,14,24H2,1H3,(H,25,28);2*1H. The summed E-state index contributed by atoms with van der Waals surface area (Å²) in [5.41, 5.74) is 9.27. The number of likely N-dealkylation sites (tertiary alicyclic amines) is 1. The van der Waals surface area contributed by atoms with Gasteiger partial charge >= 0.3 is 0 Å². The Balaban J connectivity index is 0.00000171. The first-order chi connectivity index (χ1) is 14.1. The van der Waals surface area contributed by atoms with Crippen molar-refractivity contribution in [2.24, 2.45) is 5.73 Å². The zero-order valence-electron chi connectivity index (χ0n) is 17.9. The molecular weight excluding hydrogens is 435 g/mol. The Morgan fingerprint density at radius 1 is 1.16 bits per heavy atom. The van der Waals surface area contributed by atoms with Crippen LogP contribution < -0.4 is 11.1 Å². The molecule has 0 bridgehead atoms. The van der Waals surface area contributed by atoms with Crippen molar-refractivity contribution >= 4 is 47.5 Å². The molecule has 0 spiro atoms. The predicted molar refractivity (Wildman–Crippen MR) is 128 cm³/mol. The predicted octanol–water partition coefficient (Wildman–Crippen LogP) is 3.72. The number of amides is 2. The van der Waals surface area contributed by atoms with Crippen molar-refractivity contribution in [3.63, 3.8) is 0 Å². The number of aryl methyl sites for hydroxylation is 1. The zero-order valence-corrected chi connectivity index (χ0v) is 19.6. The Bertz CT molecular complexity index is 933. The van der Waals surface area contributed by atoms with Gasteiger partial charge in [0.1, 0.15) is 0 Å². The minimum absolute atomic E-state index is 0. The zero-order chi connectivity index (χ0) is 20.4. The van der Waals surface area contributed by atoms with Gasteiger partial charge in [0.15, 0.2) is 0 Å². The van der Waals surface area contributed by atoms with Crippen LogP contribution in [0.1, 0.15) is 66.1 Å². The molecular formula is C23H32Cl2N4O2. The molecule has 1 atom stereocenters. The Hall–Kier alpha value is -1.89. The third-order valence-electron chi connectivity index (χ3n) is 6.00. The van der Waals surface area contributed by atoms with E-state index in [1.54, 1.807) is 0 Å². The van der Waals surface area contributed by atoms with E-state index >= 15 is 0 Å². The van der Waals surface area contributed by atoms with Crippen LogP contribution in [-0.4, -0.2) is 47.4 Å². The lowest BCUT2D eigenvalue weighted by molar-refractivity contribution is -0.121. The summed E-state index contributed by atoms with van der Waals surface area (Å²) in [5.74, 6) is 0.495. The Morgan fingerprint density at radius 3 is 2.65 bits per heavy atom. The number of aromatic nitrogens is 1. The fourth-order valence-electron chi connectivity index (χ4n) is 4.21. The van der Waals surface area contributed by atoms with Gasteiger partial charge in [-0.25, -0.2) is 0 Å². The molecule has 2 aliphatic rings. The number of hydrogen-bond acceptors (Lipinski definition) is 4. The molecule has 2 aromatic rings. The van der Waals surface area contributed by atoms with Crippen LogP contribution in [0.3, 0.4) is 0 Å². The van der Waals surface area contributed by atoms with Crippen LogP contribution in [0.25, 0.3) is 10.9 Å². The molecule has 31 heavy (non-hydrogen) atoms. The molecule has 6 nitrogen and oxygen atoms in total. The lowest BCUT2D eigenvalue weighted by atomic mass is 9.98. The molecule has 1 saturated heterocycles. The molecule has 8 heteroatoms. The average Bonchev–Trinajstić information content (AvgIpc) is 3.57. The van der Waals surface area contributed by atoms with Crippen LogP contribution in [0, 0.1) is 6.92 Å². The molecule has 1 aliphatic heterocycles. The quantitative estimate of drug-likeness (QED) is 0.678. The fourth-order valence-corrected chi connectivity index (χ4v) is 4.21. The van der Waals surface area contributed by atoms with Crippen molar-refractivity contribution in [3.8, 4) is 0 Å². The number of hydrogen-bond donors (Lipinski definition) is 2. The van der Waals surface area contributed by atoms with E-state index in [0.29, 0.717) is 25.4 Å². The molecule has 1 saturated carbocycles. The van der Waals surface area contributed by atoms with E-state index in [0.717, 1.165) is 66.4 Å². The first-order valence-corrected chi connectivity index (χ1v) is 10.8. The number of piperidine rings is 1. The summed E-state index contributed by atoms with van der Waals surface area (Å²) in [7, 11) is 0. The number of benzene rings is 1. The molecule has 4 rings (SSSR count). The molecule has 2 amide bonds. The fraction of sp³-hybridized carbons (Fsp3) is 0.522. The van der Waals surface area contributed by atoms with Gasteiger partial charge in [0, 0.05) is 49.1 Å². The highest BCUT2D eigenvalue weighted by atomic mass is 35.5. The van der Waals surface area contributed by atoms with Crippen LogP contribution in [0.2, 0.25) is 0 Å². The van der Waals surface area contributed by atoms with Crippen LogP contribution >= 0.6 is 24.8 Å². The van der Waals surface area contributed by atoms with Gasteiger partial charge in [0.25, 0.3) is 5.91 Å². The third-order valence-corrected chi connectivity index (χ3v) is 6.00. The van der Waals surface area contributed by atoms with Crippen LogP contribution in [0.5, 0.6) is 0 Å². The average molecular weight is 467 g/mol. The van der Waals surface area contributed by atoms with E-state index in [-0.39, 0.29) is 42.7 Å². The molecule has 170 valence electrons. The Labute approximate surface area is 196 Å². The van der Waals surface area contributed by atoms with Gasteiger partial charge in [-0.2, -0.15) is 0 Å². The highest BCUT2D eigenvalue weighted by Gasteiger charge is 2.31. The van der Waals surface area contributed by atoms with Crippen molar-refractivity contribution in [3.05, 3.63) is 41.1 Å². The summed E-state index contributed by atoms with van der Waals surface area (Å²) >= 11 is 0.